The van der Waals surface area contributed by atoms with Crippen molar-refractivity contribution in [3.63, 3.8) is 0 Å². The molecular formula is C15H14N2O2. The van der Waals surface area contributed by atoms with Crippen LogP contribution in [0.25, 0.3) is 10.8 Å². The van der Waals surface area contributed by atoms with Gasteiger partial charge in [0, 0.05) is 5.39 Å². The van der Waals surface area contributed by atoms with E-state index in [1.165, 1.54) is 0 Å². The molecule has 0 radical (unpaired) electrons. The third-order valence-corrected chi connectivity index (χ3v) is 3.48. The second-order valence-electron chi connectivity index (χ2n) is 4.66. The molecule has 1 N–H and O–H groups in total. The molecule has 1 heterocycles. The SMILES string of the molecule is CC1C(=O)NCC(=O)N1c1cccc2ccccc12. The number of amides is 2. The molecule has 1 aliphatic heterocycles. The number of nitrogens with one attached hydrogen (secondary N) is 1. The number of hydrogen-bond acceptors (Lipinski definition) is 2. The van der Waals surface area contributed by atoms with Crippen molar-refractivity contribution in [3.8, 4) is 0 Å². The molecule has 1 unspecified atom stereocenters. The molecule has 0 aromatic heterocycles. The summed E-state index contributed by atoms with van der Waals surface area (Å²) in [6.07, 6.45) is 0. The van der Waals surface area contributed by atoms with Crippen molar-refractivity contribution in [2.75, 3.05) is 11.4 Å². The maximum Gasteiger partial charge on any atom is 0.247 e. The Balaban J connectivity index is 2.17. The van der Waals surface area contributed by atoms with Crippen LogP contribution < -0.4 is 10.2 Å². The van der Waals surface area contributed by atoms with Crippen LogP contribution in [0.3, 0.4) is 0 Å². The highest BCUT2D eigenvalue weighted by Gasteiger charge is 2.32. The molecule has 96 valence electrons. The molecule has 3 rings (SSSR count). The Morgan fingerprint density at radius 2 is 1.84 bits per heavy atom. The van der Waals surface area contributed by atoms with Crippen LogP contribution in [0, 0.1) is 0 Å². The molecule has 0 aliphatic carbocycles. The number of carbonyl (C=O) groups is 2. The summed E-state index contributed by atoms with van der Waals surface area (Å²) >= 11 is 0. The van der Waals surface area contributed by atoms with E-state index in [9.17, 15) is 9.59 Å². The number of piperazine rings is 1. The van der Waals surface area contributed by atoms with Crippen molar-refractivity contribution in [1.29, 1.82) is 0 Å². The second kappa shape index (κ2) is 4.39. The number of benzene rings is 2. The van der Waals surface area contributed by atoms with Crippen molar-refractivity contribution in [2.45, 2.75) is 13.0 Å². The van der Waals surface area contributed by atoms with Crippen molar-refractivity contribution in [1.82, 2.24) is 5.32 Å². The van der Waals surface area contributed by atoms with Crippen LogP contribution in [-0.4, -0.2) is 24.4 Å². The van der Waals surface area contributed by atoms with Gasteiger partial charge in [0.25, 0.3) is 0 Å². The Morgan fingerprint density at radius 3 is 2.68 bits per heavy atom. The van der Waals surface area contributed by atoms with Crippen molar-refractivity contribution < 1.29 is 9.59 Å². The van der Waals surface area contributed by atoms with Gasteiger partial charge in [0.15, 0.2) is 0 Å². The average Bonchev–Trinajstić information content (AvgIpc) is 2.44. The lowest BCUT2D eigenvalue weighted by Gasteiger charge is -2.33. The molecule has 2 amide bonds. The van der Waals surface area contributed by atoms with Crippen molar-refractivity contribution >= 4 is 28.3 Å². The highest BCUT2D eigenvalue weighted by molar-refractivity contribution is 6.11. The van der Waals surface area contributed by atoms with E-state index in [4.69, 9.17) is 0 Å². The normalized spacial score (nSPS) is 19.6. The average molecular weight is 254 g/mol. The first-order valence-electron chi connectivity index (χ1n) is 6.26. The monoisotopic (exact) mass is 254 g/mol. The molecule has 2 aromatic rings. The summed E-state index contributed by atoms with van der Waals surface area (Å²) < 4.78 is 0. The predicted octanol–water partition coefficient (Wildman–Crippen LogP) is 1.69. The summed E-state index contributed by atoms with van der Waals surface area (Å²) in [6.45, 7) is 1.81. The Labute approximate surface area is 111 Å². The van der Waals surface area contributed by atoms with Crippen molar-refractivity contribution in [2.24, 2.45) is 0 Å². The maximum absolute atomic E-state index is 12.1. The van der Waals surface area contributed by atoms with Gasteiger partial charge in [-0.15, -0.1) is 0 Å². The Hall–Kier alpha value is -2.36. The fourth-order valence-corrected chi connectivity index (χ4v) is 2.49. The molecule has 2 aromatic carbocycles. The molecule has 1 fully saturated rings. The molecule has 4 nitrogen and oxygen atoms in total. The standard InChI is InChI=1S/C15H14N2O2/c1-10-15(19)16-9-14(18)17(10)13-8-4-6-11-5-2-3-7-12(11)13/h2-8,10H,9H2,1H3,(H,16,19). The minimum absolute atomic E-state index is 0.0619. The zero-order chi connectivity index (χ0) is 13.4. The largest absolute Gasteiger partial charge is 0.345 e. The highest BCUT2D eigenvalue weighted by atomic mass is 16.2. The Kier molecular flexibility index (Phi) is 2.71. The van der Waals surface area contributed by atoms with Gasteiger partial charge in [-0.2, -0.15) is 0 Å². The number of nitrogens with zero attached hydrogens (tertiary/aromatic N) is 1. The van der Waals surface area contributed by atoms with E-state index in [0.29, 0.717) is 0 Å². The van der Waals surface area contributed by atoms with Gasteiger partial charge in [-0.3, -0.25) is 14.5 Å². The van der Waals surface area contributed by atoms with E-state index in [1.807, 2.05) is 42.5 Å². The van der Waals surface area contributed by atoms with Crippen LogP contribution >= 0.6 is 0 Å². The van der Waals surface area contributed by atoms with Gasteiger partial charge in [0.1, 0.15) is 6.04 Å². The molecule has 4 heteroatoms. The van der Waals surface area contributed by atoms with Gasteiger partial charge < -0.3 is 5.32 Å². The van der Waals surface area contributed by atoms with E-state index < -0.39 is 6.04 Å². The highest BCUT2D eigenvalue weighted by Crippen LogP contribution is 2.29. The van der Waals surface area contributed by atoms with Crippen LogP contribution in [0.4, 0.5) is 5.69 Å². The number of anilines is 1. The summed E-state index contributed by atoms with van der Waals surface area (Å²) in [5.74, 6) is -0.198. The van der Waals surface area contributed by atoms with Gasteiger partial charge in [0.05, 0.1) is 12.2 Å². The summed E-state index contributed by atoms with van der Waals surface area (Å²) in [7, 11) is 0. The van der Waals surface area contributed by atoms with Gasteiger partial charge in [0.2, 0.25) is 11.8 Å². The lowest BCUT2D eigenvalue weighted by molar-refractivity contribution is -0.130. The fourth-order valence-electron chi connectivity index (χ4n) is 2.49. The molecule has 1 saturated heterocycles. The third-order valence-electron chi connectivity index (χ3n) is 3.48. The van der Waals surface area contributed by atoms with E-state index >= 15 is 0 Å². The number of rotatable bonds is 1. The van der Waals surface area contributed by atoms with Crippen LogP contribution in [0.2, 0.25) is 0 Å². The minimum Gasteiger partial charge on any atom is -0.345 e. The summed E-state index contributed by atoms with van der Waals surface area (Å²) in [4.78, 5) is 25.4. The van der Waals surface area contributed by atoms with Gasteiger partial charge in [-0.1, -0.05) is 36.4 Å². The first kappa shape index (κ1) is 11.7. The molecular weight excluding hydrogens is 240 g/mol. The molecule has 19 heavy (non-hydrogen) atoms. The Morgan fingerprint density at radius 1 is 1.11 bits per heavy atom. The van der Waals surface area contributed by atoms with Gasteiger partial charge >= 0.3 is 0 Å². The lowest BCUT2D eigenvalue weighted by atomic mass is 10.1. The molecule has 0 bridgehead atoms. The van der Waals surface area contributed by atoms with Crippen LogP contribution in [-0.2, 0) is 9.59 Å². The first-order valence-corrected chi connectivity index (χ1v) is 6.26. The van der Waals surface area contributed by atoms with Gasteiger partial charge in [-0.05, 0) is 18.4 Å². The van der Waals surface area contributed by atoms with Crippen LogP contribution in [0.5, 0.6) is 0 Å². The minimum atomic E-state index is -0.480. The van der Waals surface area contributed by atoms with E-state index in [-0.39, 0.29) is 18.4 Å². The first-order chi connectivity index (χ1) is 9.18. The summed E-state index contributed by atoms with van der Waals surface area (Å²) in [6, 6.07) is 13.2. The lowest BCUT2D eigenvalue weighted by Crippen LogP contribution is -2.57. The molecule has 1 atom stereocenters. The predicted molar refractivity (Wildman–Crippen MR) is 73.9 cm³/mol. The van der Waals surface area contributed by atoms with Crippen LogP contribution in [0.15, 0.2) is 42.5 Å². The number of fused-ring (bicyclic) bond motifs is 1. The second-order valence-corrected chi connectivity index (χ2v) is 4.66. The summed E-state index contributed by atoms with van der Waals surface area (Å²) in [5, 5.41) is 4.65. The summed E-state index contributed by atoms with van der Waals surface area (Å²) in [5.41, 5.74) is 0.797. The Bertz CT molecular complexity index is 661. The van der Waals surface area contributed by atoms with Crippen LogP contribution in [0.1, 0.15) is 6.92 Å². The smallest absolute Gasteiger partial charge is 0.247 e. The quantitative estimate of drug-likeness (QED) is 0.842. The molecule has 1 aliphatic rings. The van der Waals surface area contributed by atoms with Gasteiger partial charge in [-0.25, -0.2) is 0 Å². The molecule has 0 saturated carbocycles. The number of hydrogen-bond donors (Lipinski definition) is 1. The van der Waals surface area contributed by atoms with Crippen molar-refractivity contribution in [3.05, 3.63) is 42.5 Å². The number of carbonyl (C=O) groups excluding carboxylic acids is 2. The van der Waals surface area contributed by atoms with E-state index in [0.717, 1.165) is 16.5 Å². The third kappa shape index (κ3) is 1.85. The van der Waals surface area contributed by atoms with E-state index in [2.05, 4.69) is 5.32 Å². The zero-order valence-electron chi connectivity index (χ0n) is 10.6. The fraction of sp³-hybridized carbons (Fsp3) is 0.200. The maximum atomic E-state index is 12.1. The van der Waals surface area contributed by atoms with E-state index in [1.54, 1.807) is 11.8 Å². The zero-order valence-corrected chi connectivity index (χ0v) is 10.6. The topological polar surface area (TPSA) is 49.4 Å². The molecule has 0 spiro atoms.